The molecule has 4 heteroatoms. The van der Waals surface area contributed by atoms with E-state index in [9.17, 15) is 0 Å². The van der Waals surface area contributed by atoms with E-state index in [0.29, 0.717) is 12.2 Å². The molecule has 0 aliphatic heterocycles. The molecule has 0 unspecified atom stereocenters. The maximum atomic E-state index is 5.80. The normalized spacial score (nSPS) is 10.1. The lowest BCUT2D eigenvalue weighted by molar-refractivity contribution is 1.14. The molecule has 0 spiro atoms. The fraction of sp³-hybridized carbons (Fsp3) is 0.0833. The van der Waals surface area contributed by atoms with Crippen molar-refractivity contribution in [3.8, 4) is 0 Å². The summed E-state index contributed by atoms with van der Waals surface area (Å²) in [6.45, 7) is 0.701. The summed E-state index contributed by atoms with van der Waals surface area (Å²) in [4.78, 5) is 4.01. The third-order valence-electron chi connectivity index (χ3n) is 2.25. The lowest BCUT2D eigenvalue weighted by Gasteiger charge is -2.08. The Bertz CT molecular complexity index is 468. The van der Waals surface area contributed by atoms with Gasteiger partial charge in [-0.15, -0.1) is 0 Å². The minimum absolute atomic E-state index is 0.698. The second-order valence-electron chi connectivity index (χ2n) is 3.44. The van der Waals surface area contributed by atoms with E-state index in [4.69, 9.17) is 17.3 Å². The summed E-state index contributed by atoms with van der Waals surface area (Å²) in [5.41, 5.74) is 8.47. The first-order valence-corrected chi connectivity index (χ1v) is 5.31. The number of halogens is 1. The molecule has 0 atom stereocenters. The molecule has 3 N–H and O–H groups in total. The molecule has 0 bridgehead atoms. The van der Waals surface area contributed by atoms with Gasteiger partial charge in [0.05, 0.1) is 17.6 Å². The van der Waals surface area contributed by atoms with Gasteiger partial charge in [-0.2, -0.15) is 0 Å². The van der Waals surface area contributed by atoms with Crippen LogP contribution in [-0.4, -0.2) is 4.98 Å². The zero-order valence-electron chi connectivity index (χ0n) is 8.65. The second-order valence-corrected chi connectivity index (χ2v) is 3.88. The molecule has 2 aromatic rings. The minimum Gasteiger partial charge on any atom is -0.397 e. The molecule has 16 heavy (non-hydrogen) atoms. The van der Waals surface area contributed by atoms with E-state index in [0.717, 1.165) is 16.3 Å². The van der Waals surface area contributed by atoms with Crippen molar-refractivity contribution < 1.29 is 0 Å². The van der Waals surface area contributed by atoms with Crippen LogP contribution in [0.1, 0.15) is 5.56 Å². The lowest BCUT2D eigenvalue weighted by Crippen LogP contribution is -2.02. The minimum atomic E-state index is 0.698. The van der Waals surface area contributed by atoms with Gasteiger partial charge in [-0.25, -0.2) is 0 Å². The van der Waals surface area contributed by atoms with Gasteiger partial charge in [0.25, 0.3) is 0 Å². The van der Waals surface area contributed by atoms with Gasteiger partial charge >= 0.3 is 0 Å². The number of nitrogens with two attached hydrogens (primary N) is 1. The maximum absolute atomic E-state index is 5.80. The highest BCUT2D eigenvalue weighted by molar-refractivity contribution is 6.30. The summed E-state index contributed by atoms with van der Waals surface area (Å²) in [5, 5.41) is 3.96. The van der Waals surface area contributed by atoms with E-state index in [-0.39, 0.29) is 0 Å². The Morgan fingerprint density at radius 2 is 1.94 bits per heavy atom. The maximum Gasteiger partial charge on any atom is 0.0762 e. The van der Waals surface area contributed by atoms with Crippen molar-refractivity contribution in [1.29, 1.82) is 0 Å². The molecular formula is C12H12ClN3. The van der Waals surface area contributed by atoms with Gasteiger partial charge in [0.15, 0.2) is 0 Å². The Hall–Kier alpha value is -1.74. The number of hydrogen-bond donors (Lipinski definition) is 2. The van der Waals surface area contributed by atoms with E-state index in [1.54, 1.807) is 18.5 Å². The van der Waals surface area contributed by atoms with Gasteiger partial charge in [0.1, 0.15) is 0 Å². The highest BCUT2D eigenvalue weighted by Gasteiger charge is 1.98. The van der Waals surface area contributed by atoms with Crippen molar-refractivity contribution in [2.24, 2.45) is 0 Å². The predicted molar refractivity (Wildman–Crippen MR) is 67.4 cm³/mol. The van der Waals surface area contributed by atoms with Crippen LogP contribution in [0.15, 0.2) is 42.7 Å². The largest absolute Gasteiger partial charge is 0.397 e. The lowest BCUT2D eigenvalue weighted by atomic mass is 10.2. The van der Waals surface area contributed by atoms with Crippen molar-refractivity contribution in [1.82, 2.24) is 4.98 Å². The molecular weight excluding hydrogens is 222 g/mol. The highest BCUT2D eigenvalue weighted by atomic mass is 35.5. The summed E-state index contributed by atoms with van der Waals surface area (Å²) >= 11 is 5.80. The van der Waals surface area contributed by atoms with Gasteiger partial charge in [-0.05, 0) is 23.8 Å². The van der Waals surface area contributed by atoms with Crippen LogP contribution in [0.25, 0.3) is 0 Å². The molecule has 1 aromatic heterocycles. The van der Waals surface area contributed by atoms with E-state index < -0.39 is 0 Å². The molecule has 0 aliphatic rings. The number of nitrogens with zero attached hydrogens (tertiary/aromatic N) is 1. The van der Waals surface area contributed by atoms with Crippen molar-refractivity contribution in [3.05, 3.63) is 53.3 Å². The molecule has 1 aromatic carbocycles. The Labute approximate surface area is 99.3 Å². The van der Waals surface area contributed by atoms with Crippen molar-refractivity contribution in [2.45, 2.75) is 6.54 Å². The fourth-order valence-corrected chi connectivity index (χ4v) is 1.48. The van der Waals surface area contributed by atoms with Crippen LogP contribution in [0.4, 0.5) is 11.4 Å². The number of aromatic nitrogens is 1. The van der Waals surface area contributed by atoms with Crippen LogP contribution in [0.5, 0.6) is 0 Å². The van der Waals surface area contributed by atoms with E-state index in [1.165, 1.54) is 0 Å². The first-order chi connectivity index (χ1) is 7.75. The summed E-state index contributed by atoms with van der Waals surface area (Å²) in [6.07, 6.45) is 3.38. The number of nitrogen functional groups attached to an aromatic ring is 1. The zero-order valence-corrected chi connectivity index (χ0v) is 9.41. The molecule has 0 fully saturated rings. The average molecular weight is 234 g/mol. The number of rotatable bonds is 3. The van der Waals surface area contributed by atoms with Gasteiger partial charge < -0.3 is 11.1 Å². The molecule has 0 amide bonds. The third kappa shape index (κ3) is 2.64. The third-order valence-corrected chi connectivity index (χ3v) is 2.50. The Morgan fingerprint density at radius 1 is 1.19 bits per heavy atom. The second kappa shape index (κ2) is 4.86. The number of hydrogen-bond acceptors (Lipinski definition) is 3. The standard InChI is InChI=1S/C12H12ClN3/c13-10-3-1-9(2-4-10)7-16-12-8-15-6-5-11(12)14/h1-6,8,16H,7H2,(H2,14,15). The van der Waals surface area contributed by atoms with Gasteiger partial charge in [0, 0.05) is 17.8 Å². The summed E-state index contributed by atoms with van der Waals surface area (Å²) in [5.74, 6) is 0. The Kier molecular flexibility index (Phi) is 3.27. The van der Waals surface area contributed by atoms with E-state index in [1.807, 2.05) is 24.3 Å². The number of pyridine rings is 1. The van der Waals surface area contributed by atoms with Crippen molar-refractivity contribution >= 4 is 23.0 Å². The molecule has 82 valence electrons. The summed E-state index contributed by atoms with van der Waals surface area (Å²) in [6, 6.07) is 9.45. The SMILES string of the molecule is Nc1ccncc1NCc1ccc(Cl)cc1. The first-order valence-electron chi connectivity index (χ1n) is 4.93. The molecule has 1 heterocycles. The van der Waals surface area contributed by atoms with Crippen LogP contribution in [0.3, 0.4) is 0 Å². The van der Waals surface area contributed by atoms with Gasteiger partial charge in [-0.1, -0.05) is 23.7 Å². The van der Waals surface area contributed by atoms with Crippen LogP contribution in [0.2, 0.25) is 5.02 Å². The average Bonchev–Trinajstić information content (AvgIpc) is 2.30. The number of anilines is 2. The highest BCUT2D eigenvalue weighted by Crippen LogP contribution is 2.17. The Balaban J connectivity index is 2.02. The summed E-state index contributed by atoms with van der Waals surface area (Å²) < 4.78 is 0. The van der Waals surface area contributed by atoms with Crippen molar-refractivity contribution in [2.75, 3.05) is 11.1 Å². The van der Waals surface area contributed by atoms with E-state index in [2.05, 4.69) is 10.3 Å². The molecule has 0 saturated heterocycles. The van der Waals surface area contributed by atoms with Gasteiger partial charge in [0.2, 0.25) is 0 Å². The fourth-order valence-electron chi connectivity index (χ4n) is 1.35. The Morgan fingerprint density at radius 3 is 2.62 bits per heavy atom. The summed E-state index contributed by atoms with van der Waals surface area (Å²) in [7, 11) is 0. The monoisotopic (exact) mass is 233 g/mol. The molecule has 2 rings (SSSR count). The number of nitrogens with one attached hydrogen (secondary N) is 1. The van der Waals surface area contributed by atoms with E-state index >= 15 is 0 Å². The van der Waals surface area contributed by atoms with Crippen LogP contribution < -0.4 is 11.1 Å². The smallest absolute Gasteiger partial charge is 0.0762 e. The zero-order chi connectivity index (χ0) is 11.4. The van der Waals surface area contributed by atoms with Crippen LogP contribution in [0, 0.1) is 0 Å². The van der Waals surface area contributed by atoms with Gasteiger partial charge in [-0.3, -0.25) is 4.98 Å². The quantitative estimate of drug-likeness (QED) is 0.857. The molecule has 0 radical (unpaired) electrons. The van der Waals surface area contributed by atoms with Crippen LogP contribution >= 0.6 is 11.6 Å². The number of benzene rings is 1. The molecule has 0 saturated carbocycles. The van der Waals surface area contributed by atoms with Crippen molar-refractivity contribution in [3.63, 3.8) is 0 Å². The van der Waals surface area contributed by atoms with Crippen LogP contribution in [-0.2, 0) is 6.54 Å². The molecule has 0 aliphatic carbocycles. The molecule has 3 nitrogen and oxygen atoms in total. The predicted octanol–water partition coefficient (Wildman–Crippen LogP) is 2.93. The first kappa shape index (κ1) is 10.8. The topological polar surface area (TPSA) is 50.9 Å².